The minimum atomic E-state index is -1.05. The molecule has 28 heavy (non-hydrogen) atoms. The van der Waals surface area contributed by atoms with Gasteiger partial charge in [-0.15, -0.1) is 0 Å². The number of benzene rings is 2. The summed E-state index contributed by atoms with van der Waals surface area (Å²) in [6.45, 7) is 0.414. The first-order valence-electron chi connectivity index (χ1n) is 8.68. The average molecular weight is 393 g/mol. The number of ether oxygens (including phenoxy) is 1. The van der Waals surface area contributed by atoms with Gasteiger partial charge in [0.15, 0.2) is 0 Å². The number of halogens is 1. The Labute approximate surface area is 166 Å². The van der Waals surface area contributed by atoms with E-state index in [1.807, 2.05) is 48.5 Å². The molecule has 140 valence electrons. The molecule has 0 bridgehead atoms. The first-order chi connectivity index (χ1) is 13.6. The third-order valence-corrected chi connectivity index (χ3v) is 4.89. The minimum Gasteiger partial charge on any atom is -0.495 e. The smallest absolute Gasteiger partial charge is 0.354 e. The number of hydrogen-bond acceptors (Lipinski definition) is 3. The summed E-state index contributed by atoms with van der Waals surface area (Å²) in [4.78, 5) is 15.5. The second-order valence-corrected chi connectivity index (χ2v) is 6.75. The molecule has 0 radical (unpaired) electrons. The Morgan fingerprint density at radius 1 is 1.11 bits per heavy atom. The van der Waals surface area contributed by atoms with Crippen molar-refractivity contribution in [3.8, 4) is 17.0 Å². The molecule has 6 heteroatoms. The van der Waals surface area contributed by atoms with Crippen LogP contribution in [0.2, 0.25) is 5.02 Å². The highest BCUT2D eigenvalue weighted by atomic mass is 35.5. The van der Waals surface area contributed by atoms with Crippen molar-refractivity contribution < 1.29 is 14.6 Å². The van der Waals surface area contributed by atoms with Crippen LogP contribution in [0.15, 0.2) is 66.7 Å². The fourth-order valence-electron chi connectivity index (χ4n) is 3.29. The molecule has 0 fully saturated rings. The summed E-state index contributed by atoms with van der Waals surface area (Å²) >= 11 is 6.37. The molecule has 1 N–H and O–H groups in total. The van der Waals surface area contributed by atoms with Crippen LogP contribution in [-0.4, -0.2) is 27.7 Å². The van der Waals surface area contributed by atoms with Gasteiger partial charge in [-0.2, -0.15) is 0 Å². The molecular formula is C22H17ClN2O3. The van der Waals surface area contributed by atoms with Crippen molar-refractivity contribution in [3.05, 3.63) is 83.1 Å². The van der Waals surface area contributed by atoms with Crippen molar-refractivity contribution in [2.45, 2.75) is 6.54 Å². The highest BCUT2D eigenvalue weighted by molar-refractivity contribution is 6.32. The van der Waals surface area contributed by atoms with Crippen LogP contribution in [0.3, 0.4) is 0 Å². The normalized spacial score (nSPS) is 10.9. The number of rotatable bonds is 5. The average Bonchev–Trinajstić information content (AvgIpc) is 3.05. The van der Waals surface area contributed by atoms with E-state index in [4.69, 9.17) is 16.3 Å². The molecule has 5 nitrogen and oxygen atoms in total. The maximum atomic E-state index is 11.3. The first kappa shape index (κ1) is 18.1. The number of nitrogens with zero attached hydrogens (tertiary/aromatic N) is 2. The summed E-state index contributed by atoms with van der Waals surface area (Å²) in [5, 5.41) is 10.7. The summed E-state index contributed by atoms with van der Waals surface area (Å²) in [5.74, 6) is -0.438. The highest BCUT2D eigenvalue weighted by Gasteiger charge is 2.15. The number of carboxylic acids is 1. The maximum Gasteiger partial charge on any atom is 0.354 e. The van der Waals surface area contributed by atoms with Crippen molar-refractivity contribution in [1.29, 1.82) is 0 Å². The van der Waals surface area contributed by atoms with Crippen LogP contribution < -0.4 is 4.74 Å². The fourth-order valence-corrected chi connectivity index (χ4v) is 3.52. The van der Waals surface area contributed by atoms with E-state index in [1.165, 1.54) is 6.07 Å². The van der Waals surface area contributed by atoms with Crippen LogP contribution in [0.4, 0.5) is 0 Å². The molecule has 0 atom stereocenters. The van der Waals surface area contributed by atoms with Gasteiger partial charge in [0.05, 0.1) is 29.9 Å². The summed E-state index contributed by atoms with van der Waals surface area (Å²) in [6, 6.07) is 20.8. The van der Waals surface area contributed by atoms with E-state index in [0.717, 1.165) is 22.2 Å². The van der Waals surface area contributed by atoms with Crippen molar-refractivity contribution in [2.75, 3.05) is 7.11 Å². The van der Waals surface area contributed by atoms with E-state index in [-0.39, 0.29) is 5.69 Å². The lowest BCUT2D eigenvalue weighted by Crippen LogP contribution is -2.07. The molecule has 0 spiro atoms. The molecular weight excluding hydrogens is 376 g/mol. The van der Waals surface area contributed by atoms with Crippen molar-refractivity contribution in [3.63, 3.8) is 0 Å². The lowest BCUT2D eigenvalue weighted by Gasteiger charge is -2.12. The number of aromatic carboxylic acids is 1. The molecule has 0 unspecified atom stereocenters. The zero-order valence-electron chi connectivity index (χ0n) is 15.1. The van der Waals surface area contributed by atoms with Gasteiger partial charge in [0.1, 0.15) is 11.4 Å². The quantitative estimate of drug-likeness (QED) is 0.512. The summed E-state index contributed by atoms with van der Waals surface area (Å²) in [6.07, 6.45) is 0. The van der Waals surface area contributed by atoms with E-state index in [1.54, 1.807) is 13.2 Å². The molecule has 0 aliphatic carbocycles. The van der Waals surface area contributed by atoms with Gasteiger partial charge < -0.3 is 14.4 Å². The van der Waals surface area contributed by atoms with Gasteiger partial charge in [0.25, 0.3) is 0 Å². The highest BCUT2D eigenvalue weighted by Crippen LogP contribution is 2.35. The minimum absolute atomic E-state index is 0.0231. The molecule has 2 aromatic heterocycles. The number of carbonyl (C=O) groups is 1. The van der Waals surface area contributed by atoms with Gasteiger partial charge in [-0.05, 0) is 35.9 Å². The molecule has 0 aliphatic heterocycles. The van der Waals surface area contributed by atoms with E-state index < -0.39 is 5.97 Å². The fraction of sp³-hybridized carbons (Fsp3) is 0.0909. The van der Waals surface area contributed by atoms with Crippen LogP contribution in [0.5, 0.6) is 5.75 Å². The third kappa shape index (κ3) is 3.32. The number of carboxylic acid groups (broad SMARTS) is 1. The van der Waals surface area contributed by atoms with Gasteiger partial charge in [-0.1, -0.05) is 48.0 Å². The number of aromatic nitrogens is 2. The lowest BCUT2D eigenvalue weighted by molar-refractivity contribution is 0.0690. The van der Waals surface area contributed by atoms with Crippen molar-refractivity contribution in [2.24, 2.45) is 0 Å². The maximum absolute atomic E-state index is 11.3. The van der Waals surface area contributed by atoms with E-state index in [9.17, 15) is 9.90 Å². The molecule has 0 aliphatic rings. The monoisotopic (exact) mass is 392 g/mol. The SMILES string of the molecule is COc1cc2cc(-c3ccccc3)n(Cc3cccc(C(=O)O)n3)c2cc1Cl. The van der Waals surface area contributed by atoms with Crippen LogP contribution in [0.25, 0.3) is 22.2 Å². The molecule has 0 amide bonds. The lowest BCUT2D eigenvalue weighted by atomic mass is 10.1. The molecule has 0 saturated heterocycles. The topological polar surface area (TPSA) is 64.3 Å². The molecule has 4 rings (SSSR count). The zero-order chi connectivity index (χ0) is 19.7. The Morgan fingerprint density at radius 2 is 1.89 bits per heavy atom. The van der Waals surface area contributed by atoms with Gasteiger partial charge in [-0.3, -0.25) is 0 Å². The predicted octanol–water partition coefficient (Wildman–Crippen LogP) is 5.11. The largest absolute Gasteiger partial charge is 0.495 e. The molecule has 0 saturated carbocycles. The van der Waals surface area contributed by atoms with Gasteiger partial charge >= 0.3 is 5.97 Å². The summed E-state index contributed by atoms with van der Waals surface area (Å²) < 4.78 is 7.44. The molecule has 4 aromatic rings. The van der Waals surface area contributed by atoms with Crippen molar-refractivity contribution >= 4 is 28.5 Å². The predicted molar refractivity (Wildman–Crippen MR) is 109 cm³/mol. The summed E-state index contributed by atoms with van der Waals surface area (Å²) in [7, 11) is 1.59. The van der Waals surface area contributed by atoms with Gasteiger partial charge in [0, 0.05) is 11.1 Å². The Kier molecular flexibility index (Phi) is 4.75. The number of methoxy groups -OCH3 is 1. The Balaban J connectivity index is 1.90. The Hall–Kier alpha value is -3.31. The van der Waals surface area contributed by atoms with E-state index in [0.29, 0.717) is 23.0 Å². The molecule has 2 heterocycles. The van der Waals surface area contributed by atoms with Crippen LogP contribution in [0.1, 0.15) is 16.2 Å². The van der Waals surface area contributed by atoms with Gasteiger partial charge in [0.2, 0.25) is 0 Å². The van der Waals surface area contributed by atoms with Crippen LogP contribution in [0, 0.1) is 0 Å². The van der Waals surface area contributed by atoms with Gasteiger partial charge in [-0.25, -0.2) is 9.78 Å². The first-order valence-corrected chi connectivity index (χ1v) is 9.06. The van der Waals surface area contributed by atoms with Crippen molar-refractivity contribution in [1.82, 2.24) is 9.55 Å². The number of fused-ring (bicyclic) bond motifs is 1. The summed E-state index contributed by atoms with van der Waals surface area (Å²) in [5.41, 5.74) is 3.63. The molecule has 2 aromatic carbocycles. The second-order valence-electron chi connectivity index (χ2n) is 6.35. The van der Waals surface area contributed by atoms with E-state index in [2.05, 4.69) is 15.6 Å². The van der Waals surface area contributed by atoms with E-state index >= 15 is 0 Å². The second kappa shape index (κ2) is 7.37. The Bertz CT molecular complexity index is 1170. The van der Waals surface area contributed by atoms with Crippen LogP contribution >= 0.6 is 11.6 Å². The Morgan fingerprint density at radius 3 is 2.61 bits per heavy atom. The third-order valence-electron chi connectivity index (χ3n) is 4.59. The number of hydrogen-bond donors (Lipinski definition) is 1. The zero-order valence-corrected chi connectivity index (χ0v) is 15.8. The number of pyridine rings is 1. The van der Waals surface area contributed by atoms with Crippen LogP contribution in [-0.2, 0) is 6.54 Å². The standard InChI is InChI=1S/C22H17ClN2O3/c1-28-21-11-15-10-19(14-6-3-2-4-7-14)25(20(15)12-17(21)23)13-16-8-5-9-18(24-16)22(26)27/h2-12H,13H2,1H3,(H,26,27).